The summed E-state index contributed by atoms with van der Waals surface area (Å²) in [6.45, 7) is 14.5. The van der Waals surface area contributed by atoms with Crippen LogP contribution in [0.1, 0.15) is 30.9 Å². The number of guanidine groups is 1. The molecule has 3 aromatic rings. The fourth-order valence-electron chi connectivity index (χ4n) is 4.58. The topological polar surface area (TPSA) is 63.5 Å². The van der Waals surface area contributed by atoms with Crippen LogP contribution in [0.2, 0.25) is 0 Å². The molecule has 0 aromatic heterocycles. The molecule has 0 bridgehead atoms. The van der Waals surface area contributed by atoms with E-state index in [-0.39, 0.29) is 5.96 Å². The SMILES string of the molecule is C=C(Nc1cccc(-c2cccc(C3=CCCC=C3)c2)c1)C(=C)N(C(=C)/C=C\C)C(=N)/N=C(\NC)c1ccccc1. The maximum atomic E-state index is 8.86. The molecule has 1 aliphatic carbocycles. The first kappa shape index (κ1) is 28.8. The Bertz CT molecular complexity index is 1570. The van der Waals surface area contributed by atoms with E-state index in [1.54, 1.807) is 11.9 Å². The zero-order chi connectivity index (χ0) is 29.2. The first-order chi connectivity index (χ1) is 19.9. The minimum absolute atomic E-state index is 0.0362. The molecule has 41 heavy (non-hydrogen) atoms. The summed E-state index contributed by atoms with van der Waals surface area (Å²) in [7, 11) is 1.78. The molecule has 0 atom stereocenters. The summed E-state index contributed by atoms with van der Waals surface area (Å²) in [6, 6.07) is 26.5. The Morgan fingerprint density at radius 2 is 1.61 bits per heavy atom. The summed E-state index contributed by atoms with van der Waals surface area (Å²) < 4.78 is 0. The van der Waals surface area contributed by atoms with Gasteiger partial charge < -0.3 is 10.6 Å². The molecule has 206 valence electrons. The van der Waals surface area contributed by atoms with Gasteiger partial charge in [0.05, 0.1) is 11.4 Å². The second kappa shape index (κ2) is 13.8. The maximum absolute atomic E-state index is 8.86. The molecule has 0 fully saturated rings. The molecule has 0 heterocycles. The molecule has 0 amide bonds. The lowest BCUT2D eigenvalue weighted by Crippen LogP contribution is -2.31. The second-order valence-corrected chi connectivity index (χ2v) is 9.58. The molecule has 0 spiro atoms. The van der Waals surface area contributed by atoms with Crippen molar-refractivity contribution in [1.29, 1.82) is 5.41 Å². The number of amidine groups is 1. The molecular weight excluding hydrogens is 502 g/mol. The average molecular weight is 540 g/mol. The van der Waals surface area contributed by atoms with E-state index in [9.17, 15) is 0 Å². The third-order valence-corrected chi connectivity index (χ3v) is 6.66. The normalized spacial score (nSPS) is 12.9. The zero-order valence-electron chi connectivity index (χ0n) is 23.8. The van der Waals surface area contributed by atoms with Gasteiger partial charge in [-0.2, -0.15) is 4.99 Å². The third kappa shape index (κ3) is 7.28. The summed E-state index contributed by atoms with van der Waals surface area (Å²) in [4.78, 5) is 6.14. The van der Waals surface area contributed by atoms with E-state index in [0.717, 1.165) is 35.2 Å². The smallest absolute Gasteiger partial charge is 0.229 e. The van der Waals surface area contributed by atoms with Gasteiger partial charge in [0.15, 0.2) is 0 Å². The van der Waals surface area contributed by atoms with Crippen molar-refractivity contribution >= 4 is 23.1 Å². The summed E-state index contributed by atoms with van der Waals surface area (Å²) in [5, 5.41) is 15.3. The summed E-state index contributed by atoms with van der Waals surface area (Å²) >= 11 is 0. The van der Waals surface area contributed by atoms with Crippen LogP contribution in [0.25, 0.3) is 16.7 Å². The van der Waals surface area contributed by atoms with E-state index in [0.29, 0.717) is 22.9 Å². The molecule has 0 saturated carbocycles. The highest BCUT2D eigenvalue weighted by molar-refractivity contribution is 6.05. The van der Waals surface area contributed by atoms with Gasteiger partial charge in [-0.05, 0) is 66.3 Å². The lowest BCUT2D eigenvalue weighted by Gasteiger charge is -2.27. The summed E-state index contributed by atoms with van der Waals surface area (Å²) in [5.74, 6) is 0.528. The monoisotopic (exact) mass is 539 g/mol. The Labute approximate surface area is 243 Å². The van der Waals surface area contributed by atoms with Gasteiger partial charge >= 0.3 is 0 Å². The van der Waals surface area contributed by atoms with E-state index in [4.69, 9.17) is 5.41 Å². The van der Waals surface area contributed by atoms with E-state index < -0.39 is 0 Å². The molecule has 4 rings (SSSR count). The van der Waals surface area contributed by atoms with Crippen molar-refractivity contribution in [2.75, 3.05) is 12.4 Å². The fourth-order valence-corrected chi connectivity index (χ4v) is 4.58. The summed E-state index contributed by atoms with van der Waals surface area (Å²) in [5.41, 5.74) is 7.98. The van der Waals surface area contributed by atoms with Crippen LogP contribution in [0.3, 0.4) is 0 Å². The van der Waals surface area contributed by atoms with E-state index in [2.05, 4.69) is 90.0 Å². The Hall–Kier alpha value is -5.16. The van der Waals surface area contributed by atoms with Crippen LogP contribution in [0.4, 0.5) is 5.69 Å². The van der Waals surface area contributed by atoms with Crippen molar-refractivity contribution in [2.45, 2.75) is 19.8 Å². The van der Waals surface area contributed by atoms with Gasteiger partial charge in [0.25, 0.3) is 0 Å². The first-order valence-corrected chi connectivity index (χ1v) is 13.7. The third-order valence-electron chi connectivity index (χ3n) is 6.66. The van der Waals surface area contributed by atoms with Crippen LogP contribution in [0.15, 0.2) is 151 Å². The molecule has 1 aliphatic rings. The number of aliphatic imine (C=N–C) groups is 1. The minimum Gasteiger partial charge on any atom is -0.373 e. The van der Waals surface area contributed by atoms with Gasteiger partial charge in [0.2, 0.25) is 5.96 Å². The number of allylic oxidation sites excluding steroid dienone is 6. The molecule has 0 unspecified atom stereocenters. The lowest BCUT2D eigenvalue weighted by molar-refractivity contribution is 0.653. The Morgan fingerprint density at radius 3 is 2.29 bits per heavy atom. The Balaban J connectivity index is 1.56. The molecule has 3 N–H and O–H groups in total. The van der Waals surface area contributed by atoms with E-state index in [1.165, 1.54) is 11.1 Å². The zero-order valence-corrected chi connectivity index (χ0v) is 23.8. The largest absolute Gasteiger partial charge is 0.373 e. The standard InChI is InChI=1S/C36H37N5/c1-6-15-26(2)41(36(37)40-35(38-5)30-18-11-8-12-19-30)28(4)27(3)39-34-23-14-22-33(25-34)32-21-13-20-31(24-32)29-16-9-7-10-17-29/h6,8-9,11-25,39H,2-4,7,10H2,1,5H3,(H2,37,38,40)/b15-6-. The van der Waals surface area contributed by atoms with Crippen molar-refractivity contribution in [3.8, 4) is 11.1 Å². The Morgan fingerprint density at radius 1 is 0.902 bits per heavy atom. The second-order valence-electron chi connectivity index (χ2n) is 9.58. The van der Waals surface area contributed by atoms with Crippen LogP contribution in [0, 0.1) is 5.41 Å². The maximum Gasteiger partial charge on any atom is 0.229 e. The van der Waals surface area contributed by atoms with Crippen LogP contribution >= 0.6 is 0 Å². The number of nitrogens with one attached hydrogen (secondary N) is 3. The predicted octanol–water partition coefficient (Wildman–Crippen LogP) is 8.52. The minimum atomic E-state index is -0.0362. The molecule has 5 nitrogen and oxygen atoms in total. The molecule has 0 radical (unpaired) electrons. The van der Waals surface area contributed by atoms with Crippen molar-refractivity contribution < 1.29 is 0 Å². The van der Waals surface area contributed by atoms with Crippen molar-refractivity contribution in [1.82, 2.24) is 10.2 Å². The molecular formula is C36H37N5. The average Bonchev–Trinajstić information content (AvgIpc) is 3.01. The van der Waals surface area contributed by atoms with Gasteiger partial charge in [0, 0.05) is 24.0 Å². The van der Waals surface area contributed by atoms with E-state index >= 15 is 0 Å². The number of hydrogen-bond donors (Lipinski definition) is 3. The highest BCUT2D eigenvalue weighted by Crippen LogP contribution is 2.29. The van der Waals surface area contributed by atoms with Crippen molar-refractivity contribution in [3.63, 3.8) is 0 Å². The van der Waals surface area contributed by atoms with Gasteiger partial charge in [-0.25, -0.2) is 0 Å². The first-order valence-electron chi connectivity index (χ1n) is 13.7. The van der Waals surface area contributed by atoms with Crippen LogP contribution in [0.5, 0.6) is 0 Å². The van der Waals surface area contributed by atoms with Gasteiger partial charge in [-0.3, -0.25) is 10.3 Å². The van der Waals surface area contributed by atoms with E-state index in [1.807, 2.05) is 61.5 Å². The highest BCUT2D eigenvalue weighted by atomic mass is 15.3. The fraction of sp³-hybridized carbons (Fsp3) is 0.111. The molecule has 3 aromatic carbocycles. The van der Waals surface area contributed by atoms with Crippen LogP contribution in [-0.2, 0) is 0 Å². The number of hydrogen-bond acceptors (Lipinski definition) is 2. The van der Waals surface area contributed by atoms with Gasteiger partial charge in [-0.15, -0.1) is 0 Å². The number of benzene rings is 3. The van der Waals surface area contributed by atoms with Crippen LogP contribution in [-0.4, -0.2) is 23.7 Å². The summed E-state index contributed by atoms with van der Waals surface area (Å²) in [6.07, 6.45) is 12.6. The predicted molar refractivity (Wildman–Crippen MR) is 176 cm³/mol. The van der Waals surface area contributed by atoms with Gasteiger partial charge in [-0.1, -0.05) is 105 Å². The molecule has 0 saturated heterocycles. The number of rotatable bonds is 9. The number of anilines is 1. The van der Waals surface area contributed by atoms with Crippen molar-refractivity contribution in [3.05, 3.63) is 157 Å². The van der Waals surface area contributed by atoms with Crippen molar-refractivity contribution in [2.24, 2.45) is 4.99 Å². The Kier molecular flexibility index (Phi) is 9.68. The highest BCUT2D eigenvalue weighted by Gasteiger charge is 2.19. The quantitative estimate of drug-likeness (QED) is 0.145. The molecule has 0 aliphatic heterocycles. The number of nitrogens with zero attached hydrogens (tertiary/aromatic N) is 2. The van der Waals surface area contributed by atoms with Gasteiger partial charge in [0.1, 0.15) is 5.84 Å². The molecule has 5 heteroatoms. The van der Waals surface area contributed by atoms with Crippen LogP contribution < -0.4 is 10.6 Å². The lowest BCUT2D eigenvalue weighted by atomic mass is 9.96.